The summed E-state index contributed by atoms with van der Waals surface area (Å²) in [5, 5.41) is 0.763. The summed E-state index contributed by atoms with van der Waals surface area (Å²) in [7, 11) is 4.54. The maximum Gasteiger partial charge on any atom is 0.355 e. The van der Waals surface area contributed by atoms with Gasteiger partial charge >= 0.3 is 35.8 Å². The highest BCUT2D eigenvalue weighted by Crippen LogP contribution is 2.46. The SMILES string of the molecule is CCOC(=O)C1=C(N)N(c2ccc(-c3ccc(N4C(N)=C(C(=O)OCC)C(c5ccc(Cl)cc5)C(C(=O)OC)=C4C(=O)OC)cc3)cc2)C(C(=O)OC)=C(C(=O)OC)C1c1ccc(Cl)cc1. The second-order valence-electron chi connectivity index (χ2n) is 14.3. The lowest BCUT2D eigenvalue weighted by Gasteiger charge is -2.37. The number of nitrogens with two attached hydrogens (primary N) is 2. The Morgan fingerprint density at radius 3 is 1.03 bits per heavy atom. The van der Waals surface area contributed by atoms with Crippen LogP contribution in [0.5, 0.6) is 0 Å². The van der Waals surface area contributed by atoms with Crippen molar-refractivity contribution in [3.63, 3.8) is 0 Å². The minimum Gasteiger partial charge on any atom is -0.466 e. The minimum atomic E-state index is -1.23. The number of carbonyl (C=O) groups excluding carboxylic acids is 6. The molecule has 2 aliphatic heterocycles. The van der Waals surface area contributed by atoms with Gasteiger partial charge in [-0.1, -0.05) is 71.7 Å². The molecule has 0 saturated heterocycles. The number of halogens is 2. The molecule has 2 unspecified atom stereocenters. The zero-order chi connectivity index (χ0) is 48.0. The first-order valence-electron chi connectivity index (χ1n) is 20.1. The lowest BCUT2D eigenvalue weighted by atomic mass is 9.80. The average molecular weight is 940 g/mol. The Morgan fingerprint density at radius 2 is 0.758 bits per heavy atom. The summed E-state index contributed by atoms with van der Waals surface area (Å²) in [6, 6.07) is 25.8. The van der Waals surface area contributed by atoms with Crippen LogP contribution in [0, 0.1) is 0 Å². The van der Waals surface area contributed by atoms with Gasteiger partial charge in [-0.3, -0.25) is 9.80 Å². The zero-order valence-corrected chi connectivity index (χ0v) is 38.0. The average Bonchev–Trinajstić information content (AvgIpc) is 3.32. The first-order valence-corrected chi connectivity index (χ1v) is 20.9. The Hall–Kier alpha value is -7.56. The van der Waals surface area contributed by atoms with Gasteiger partial charge in [0.1, 0.15) is 23.0 Å². The van der Waals surface area contributed by atoms with Crippen LogP contribution in [-0.4, -0.2) is 77.5 Å². The van der Waals surface area contributed by atoms with E-state index in [1.807, 2.05) is 0 Å². The van der Waals surface area contributed by atoms with E-state index >= 15 is 0 Å². The van der Waals surface area contributed by atoms with Crippen LogP contribution in [-0.2, 0) is 57.2 Å². The number of anilines is 2. The smallest absolute Gasteiger partial charge is 0.355 e. The number of nitrogens with zero attached hydrogens (tertiary/aromatic N) is 2. The Balaban J connectivity index is 1.48. The third-order valence-electron chi connectivity index (χ3n) is 10.7. The maximum absolute atomic E-state index is 13.8. The lowest BCUT2D eigenvalue weighted by Crippen LogP contribution is -2.42. The number of hydrogen-bond donors (Lipinski definition) is 2. The third kappa shape index (κ3) is 9.05. The quantitative estimate of drug-likeness (QED) is 0.108. The molecular weight excluding hydrogens is 895 g/mol. The van der Waals surface area contributed by atoms with Gasteiger partial charge in [0.25, 0.3) is 0 Å². The van der Waals surface area contributed by atoms with Crippen molar-refractivity contribution >= 4 is 70.4 Å². The van der Waals surface area contributed by atoms with E-state index in [4.69, 9.17) is 63.1 Å². The van der Waals surface area contributed by atoms with Crippen molar-refractivity contribution in [2.45, 2.75) is 25.7 Å². The maximum atomic E-state index is 13.8. The summed E-state index contributed by atoms with van der Waals surface area (Å²) in [5.74, 6) is -8.34. The van der Waals surface area contributed by atoms with E-state index < -0.39 is 47.7 Å². The van der Waals surface area contributed by atoms with Gasteiger partial charge in [0.2, 0.25) is 0 Å². The predicted octanol–water partition coefficient (Wildman–Crippen LogP) is 6.54. The van der Waals surface area contributed by atoms with Gasteiger partial charge in [-0.15, -0.1) is 0 Å². The van der Waals surface area contributed by atoms with Crippen LogP contribution in [0.15, 0.2) is 142 Å². The molecule has 0 aliphatic carbocycles. The highest BCUT2D eigenvalue weighted by atomic mass is 35.5. The zero-order valence-electron chi connectivity index (χ0n) is 36.5. The summed E-state index contributed by atoms with van der Waals surface area (Å²) in [5.41, 5.74) is 14.8. The van der Waals surface area contributed by atoms with Crippen molar-refractivity contribution in [1.29, 1.82) is 0 Å². The van der Waals surface area contributed by atoms with E-state index in [-0.39, 0.29) is 69.9 Å². The van der Waals surface area contributed by atoms with Crippen molar-refractivity contribution in [2.75, 3.05) is 51.5 Å². The van der Waals surface area contributed by atoms with Gasteiger partial charge in [-0.05, 0) is 84.6 Å². The van der Waals surface area contributed by atoms with Crippen LogP contribution >= 0.6 is 23.2 Å². The molecule has 18 heteroatoms. The second-order valence-corrected chi connectivity index (χ2v) is 15.1. The van der Waals surface area contributed by atoms with Crippen LogP contribution in [0.25, 0.3) is 11.1 Å². The summed E-state index contributed by atoms with van der Waals surface area (Å²) in [6.45, 7) is 3.17. The molecule has 0 amide bonds. The second kappa shape index (κ2) is 20.5. The van der Waals surface area contributed by atoms with Crippen LogP contribution in [0.1, 0.15) is 36.8 Å². The number of rotatable bonds is 13. The number of esters is 6. The van der Waals surface area contributed by atoms with Gasteiger partial charge in [-0.2, -0.15) is 0 Å². The van der Waals surface area contributed by atoms with Crippen LogP contribution in [0.4, 0.5) is 11.4 Å². The molecule has 0 fully saturated rings. The van der Waals surface area contributed by atoms with E-state index in [0.29, 0.717) is 32.3 Å². The molecule has 0 aromatic heterocycles. The fourth-order valence-electron chi connectivity index (χ4n) is 7.81. The van der Waals surface area contributed by atoms with Crippen molar-refractivity contribution in [1.82, 2.24) is 0 Å². The standard InChI is InChI=1S/C48H44Cl2N4O12/c1-7-65-45(57)37-33(27-9-17-29(49)18-10-27)35(43(55)61-3)39(47(59)63-5)53(41(37)51)31-21-13-25(14-22-31)26-15-23-32(24-16-26)54-40(48(60)64-6)36(44(56)62-4)34(28-11-19-30(50)20-12-28)38(42(54)52)46(58)66-8-2/h9-24,33-34H,7-8,51-52H2,1-6H3. The normalized spacial score (nSPS) is 16.2. The number of carbonyl (C=O) groups is 6. The van der Waals surface area contributed by atoms with E-state index in [9.17, 15) is 28.8 Å². The molecular formula is C48H44Cl2N4O12. The largest absolute Gasteiger partial charge is 0.466 e. The highest BCUT2D eigenvalue weighted by Gasteiger charge is 2.47. The van der Waals surface area contributed by atoms with Crippen molar-refractivity contribution in [3.8, 4) is 11.1 Å². The molecule has 6 rings (SSSR count). The third-order valence-corrected chi connectivity index (χ3v) is 11.2. The fourth-order valence-corrected chi connectivity index (χ4v) is 8.06. The molecule has 2 aliphatic rings. The number of ether oxygens (including phenoxy) is 6. The molecule has 16 nitrogen and oxygen atoms in total. The number of benzene rings is 4. The Kier molecular flexibility index (Phi) is 14.9. The van der Waals surface area contributed by atoms with E-state index in [2.05, 4.69) is 0 Å². The molecule has 66 heavy (non-hydrogen) atoms. The minimum absolute atomic E-state index is 0.0264. The number of methoxy groups -OCH3 is 4. The molecule has 0 radical (unpaired) electrons. The van der Waals surface area contributed by atoms with Crippen LogP contribution < -0.4 is 21.3 Å². The Morgan fingerprint density at radius 1 is 0.455 bits per heavy atom. The van der Waals surface area contributed by atoms with Crippen LogP contribution in [0.3, 0.4) is 0 Å². The summed E-state index contributed by atoms with van der Waals surface area (Å²) in [4.78, 5) is 84.9. The summed E-state index contributed by atoms with van der Waals surface area (Å²) < 4.78 is 31.6. The summed E-state index contributed by atoms with van der Waals surface area (Å²) >= 11 is 12.4. The first-order chi connectivity index (χ1) is 31.7. The molecule has 4 aromatic carbocycles. The molecule has 4 N–H and O–H groups in total. The van der Waals surface area contributed by atoms with E-state index in [0.717, 1.165) is 28.4 Å². The molecule has 0 saturated carbocycles. The number of hydrogen-bond acceptors (Lipinski definition) is 16. The van der Waals surface area contributed by atoms with Crippen LogP contribution in [0.2, 0.25) is 10.0 Å². The topological polar surface area (TPSA) is 216 Å². The molecule has 0 spiro atoms. The first kappa shape index (κ1) is 47.9. The molecule has 2 heterocycles. The molecule has 2 atom stereocenters. The van der Waals surface area contributed by atoms with Crippen molar-refractivity contribution in [3.05, 3.63) is 164 Å². The Bertz CT molecular complexity index is 2520. The van der Waals surface area contributed by atoms with Gasteiger partial charge < -0.3 is 39.9 Å². The molecule has 0 bridgehead atoms. The van der Waals surface area contributed by atoms with Crippen molar-refractivity contribution in [2.24, 2.45) is 11.5 Å². The van der Waals surface area contributed by atoms with Gasteiger partial charge in [0.15, 0.2) is 0 Å². The Labute approximate surface area is 389 Å². The lowest BCUT2D eigenvalue weighted by molar-refractivity contribution is -0.141. The van der Waals surface area contributed by atoms with Gasteiger partial charge in [-0.25, -0.2) is 28.8 Å². The fraction of sp³-hybridized carbons (Fsp3) is 0.208. The van der Waals surface area contributed by atoms with Gasteiger partial charge in [0, 0.05) is 21.4 Å². The molecule has 4 aromatic rings. The van der Waals surface area contributed by atoms with E-state index in [1.54, 1.807) is 111 Å². The molecule has 342 valence electrons. The highest BCUT2D eigenvalue weighted by molar-refractivity contribution is 6.31. The van der Waals surface area contributed by atoms with Crippen molar-refractivity contribution < 1.29 is 57.2 Å². The van der Waals surface area contributed by atoms with Gasteiger partial charge in [0.05, 0.1) is 75.8 Å². The predicted molar refractivity (Wildman–Crippen MR) is 243 cm³/mol. The van der Waals surface area contributed by atoms with E-state index in [1.165, 1.54) is 9.80 Å². The monoisotopic (exact) mass is 938 g/mol. The summed E-state index contributed by atoms with van der Waals surface area (Å²) in [6.07, 6.45) is 0.